The fourth-order valence-electron chi connectivity index (χ4n) is 0.984. The molecule has 0 rings (SSSR count). The average Bonchev–Trinajstić information content (AvgIpc) is 2.22. The molecular weight excluding hydrogens is 208 g/mol. The maximum Gasteiger partial charge on any atom is 0.335 e. The van der Waals surface area contributed by atoms with E-state index in [1.807, 2.05) is 0 Å². The summed E-state index contributed by atoms with van der Waals surface area (Å²) in [7, 11) is 0. The van der Waals surface area contributed by atoms with Crippen molar-refractivity contribution >= 4 is 12.3 Å². The number of carboxylic acid groups (broad SMARTS) is 1. The second-order valence-electron chi connectivity index (χ2n) is 2.82. The van der Waals surface area contributed by atoms with E-state index in [0.717, 1.165) is 0 Å². The van der Waals surface area contributed by atoms with Crippen LogP contribution in [-0.4, -0.2) is 63.7 Å². The molecule has 0 saturated carbocycles. The molecule has 0 aliphatic heterocycles. The van der Waals surface area contributed by atoms with E-state index in [4.69, 9.17) is 20.1 Å². The molecule has 88 valence electrons. The molecule has 0 aromatic carbocycles. The minimum absolute atomic E-state index is 0.0254. The van der Waals surface area contributed by atoms with Crippen LogP contribution < -0.4 is 0 Å². The molecule has 4 atom stereocenters. The van der Waals surface area contributed by atoms with Crippen molar-refractivity contribution in [1.29, 1.82) is 0 Å². The quantitative estimate of drug-likeness (QED) is 0.359. The molecule has 0 heterocycles. The van der Waals surface area contributed by atoms with Gasteiger partial charge in [-0.2, -0.15) is 0 Å². The summed E-state index contributed by atoms with van der Waals surface area (Å²) < 4.78 is 4.75. The van der Waals surface area contributed by atoms with Crippen LogP contribution in [0.15, 0.2) is 0 Å². The Morgan fingerprint density at radius 3 is 2.27 bits per heavy atom. The van der Waals surface area contributed by atoms with Crippen molar-refractivity contribution in [2.45, 2.75) is 31.3 Å². The van der Waals surface area contributed by atoms with Gasteiger partial charge < -0.3 is 30.0 Å². The van der Waals surface area contributed by atoms with Gasteiger partial charge in [-0.15, -0.1) is 0 Å². The normalized spacial score (nSPS) is 18.9. The molecule has 0 radical (unpaired) electrons. The standard InChI is InChI=1S/C8H14O7/c1-2-15-7(6(12)8(13)14)5(11)4(10)3-9/h3-7,10-12H,2H2,1H3,(H,13,14)/t4-,5+,6-,7-/m0/s1. The molecule has 0 amide bonds. The molecule has 0 aromatic heterocycles. The van der Waals surface area contributed by atoms with E-state index in [9.17, 15) is 14.7 Å². The fourth-order valence-corrected chi connectivity index (χ4v) is 0.984. The number of rotatable bonds is 7. The summed E-state index contributed by atoms with van der Waals surface area (Å²) in [5, 5.41) is 35.8. The topological polar surface area (TPSA) is 124 Å². The van der Waals surface area contributed by atoms with Gasteiger partial charge in [-0.25, -0.2) is 4.79 Å². The Kier molecular flexibility index (Phi) is 6.02. The Morgan fingerprint density at radius 2 is 1.93 bits per heavy atom. The van der Waals surface area contributed by atoms with E-state index in [-0.39, 0.29) is 12.9 Å². The summed E-state index contributed by atoms with van der Waals surface area (Å²) in [5.41, 5.74) is 0. The van der Waals surface area contributed by atoms with Crippen LogP contribution in [0.3, 0.4) is 0 Å². The molecule has 15 heavy (non-hydrogen) atoms. The second-order valence-corrected chi connectivity index (χ2v) is 2.82. The lowest BCUT2D eigenvalue weighted by molar-refractivity contribution is -0.170. The Bertz CT molecular complexity index is 217. The molecule has 0 aliphatic carbocycles. The molecule has 0 unspecified atom stereocenters. The highest BCUT2D eigenvalue weighted by Gasteiger charge is 2.36. The predicted octanol–water partition coefficient (Wildman–Crippen LogP) is -2.24. The van der Waals surface area contributed by atoms with Gasteiger partial charge in [0, 0.05) is 6.61 Å². The Morgan fingerprint density at radius 1 is 1.40 bits per heavy atom. The van der Waals surface area contributed by atoms with Crippen molar-refractivity contribution in [3.05, 3.63) is 0 Å². The largest absolute Gasteiger partial charge is 0.479 e. The maximum absolute atomic E-state index is 10.4. The first-order valence-corrected chi connectivity index (χ1v) is 4.29. The highest BCUT2D eigenvalue weighted by Crippen LogP contribution is 2.09. The van der Waals surface area contributed by atoms with Crippen LogP contribution in [0, 0.1) is 0 Å². The van der Waals surface area contributed by atoms with E-state index in [2.05, 4.69) is 0 Å². The summed E-state index contributed by atoms with van der Waals surface area (Å²) in [6, 6.07) is 0. The number of hydrogen-bond donors (Lipinski definition) is 4. The van der Waals surface area contributed by atoms with Crippen LogP contribution in [0.2, 0.25) is 0 Å². The first-order chi connectivity index (χ1) is 6.95. The zero-order valence-electron chi connectivity index (χ0n) is 8.11. The number of carbonyl (C=O) groups excluding carboxylic acids is 1. The number of aliphatic hydroxyl groups is 3. The maximum atomic E-state index is 10.4. The lowest BCUT2D eigenvalue weighted by Gasteiger charge is -2.26. The van der Waals surface area contributed by atoms with Gasteiger partial charge in [0.05, 0.1) is 0 Å². The second kappa shape index (κ2) is 6.46. The number of aldehydes is 1. The minimum Gasteiger partial charge on any atom is -0.479 e. The third-order valence-corrected chi connectivity index (χ3v) is 1.75. The highest BCUT2D eigenvalue weighted by atomic mass is 16.5. The third kappa shape index (κ3) is 3.92. The molecule has 0 fully saturated rings. The summed E-state index contributed by atoms with van der Waals surface area (Å²) in [5.74, 6) is -1.61. The minimum atomic E-state index is -2.01. The molecule has 0 spiro atoms. The molecule has 0 saturated heterocycles. The summed E-state index contributed by atoms with van der Waals surface area (Å²) in [4.78, 5) is 20.6. The van der Waals surface area contributed by atoms with Crippen LogP contribution in [-0.2, 0) is 14.3 Å². The van der Waals surface area contributed by atoms with E-state index in [0.29, 0.717) is 0 Å². The van der Waals surface area contributed by atoms with Crippen molar-refractivity contribution in [1.82, 2.24) is 0 Å². The molecule has 0 bridgehead atoms. The number of carbonyl (C=O) groups is 2. The zero-order chi connectivity index (χ0) is 12.0. The number of ether oxygens (including phenoxy) is 1. The van der Waals surface area contributed by atoms with Gasteiger partial charge in [0.1, 0.15) is 18.3 Å². The van der Waals surface area contributed by atoms with Crippen LogP contribution in [0.1, 0.15) is 6.92 Å². The summed E-state index contributed by atoms with van der Waals surface area (Å²) in [6.45, 7) is 1.54. The Labute approximate surface area is 85.9 Å². The Balaban J connectivity index is 4.63. The predicted molar refractivity (Wildman–Crippen MR) is 47.1 cm³/mol. The third-order valence-electron chi connectivity index (χ3n) is 1.75. The number of carboxylic acids is 1. The van der Waals surface area contributed by atoms with Crippen molar-refractivity contribution in [3.63, 3.8) is 0 Å². The summed E-state index contributed by atoms with van der Waals surface area (Å²) in [6.07, 6.45) is -7.10. The molecule has 0 aromatic rings. The van der Waals surface area contributed by atoms with Gasteiger partial charge >= 0.3 is 5.97 Å². The van der Waals surface area contributed by atoms with Gasteiger partial charge in [-0.3, -0.25) is 0 Å². The first kappa shape index (κ1) is 14.0. The Hall–Kier alpha value is -1.02. The van der Waals surface area contributed by atoms with Crippen molar-refractivity contribution < 1.29 is 34.8 Å². The number of hydrogen-bond acceptors (Lipinski definition) is 6. The van der Waals surface area contributed by atoms with Gasteiger partial charge in [0.25, 0.3) is 0 Å². The van der Waals surface area contributed by atoms with Crippen LogP contribution in [0.4, 0.5) is 0 Å². The SMILES string of the molecule is CCO[C@@H]([C@H](O)[C@@H](O)C=O)[C@H](O)C(=O)O. The average molecular weight is 222 g/mol. The monoisotopic (exact) mass is 222 g/mol. The van der Waals surface area contributed by atoms with Gasteiger partial charge in [-0.05, 0) is 6.92 Å². The summed E-state index contributed by atoms with van der Waals surface area (Å²) >= 11 is 0. The van der Waals surface area contributed by atoms with Crippen molar-refractivity contribution in [2.24, 2.45) is 0 Å². The van der Waals surface area contributed by atoms with Gasteiger partial charge in [-0.1, -0.05) is 0 Å². The van der Waals surface area contributed by atoms with Gasteiger partial charge in [0.2, 0.25) is 0 Å². The first-order valence-electron chi connectivity index (χ1n) is 4.29. The lowest BCUT2D eigenvalue weighted by atomic mass is 10.0. The molecular formula is C8H14O7. The van der Waals surface area contributed by atoms with E-state index in [1.165, 1.54) is 6.92 Å². The number of aliphatic hydroxyl groups excluding tert-OH is 3. The van der Waals surface area contributed by atoms with E-state index >= 15 is 0 Å². The fraction of sp³-hybridized carbons (Fsp3) is 0.750. The number of aliphatic carboxylic acids is 1. The zero-order valence-corrected chi connectivity index (χ0v) is 8.11. The van der Waals surface area contributed by atoms with E-state index in [1.54, 1.807) is 0 Å². The lowest BCUT2D eigenvalue weighted by Crippen LogP contribution is -2.49. The highest BCUT2D eigenvalue weighted by molar-refractivity contribution is 5.73. The molecule has 7 heteroatoms. The molecule has 0 aliphatic rings. The molecule has 4 N–H and O–H groups in total. The van der Waals surface area contributed by atoms with Crippen molar-refractivity contribution in [2.75, 3.05) is 6.61 Å². The van der Waals surface area contributed by atoms with Crippen LogP contribution >= 0.6 is 0 Å². The molecule has 7 nitrogen and oxygen atoms in total. The van der Waals surface area contributed by atoms with Crippen molar-refractivity contribution in [3.8, 4) is 0 Å². The smallest absolute Gasteiger partial charge is 0.335 e. The van der Waals surface area contributed by atoms with Gasteiger partial charge in [0.15, 0.2) is 12.4 Å². The van der Waals surface area contributed by atoms with Crippen LogP contribution in [0.25, 0.3) is 0 Å². The van der Waals surface area contributed by atoms with E-state index < -0.39 is 30.4 Å². The van der Waals surface area contributed by atoms with Crippen LogP contribution in [0.5, 0.6) is 0 Å².